The van der Waals surface area contributed by atoms with E-state index in [2.05, 4.69) is 9.98 Å². The van der Waals surface area contributed by atoms with Gasteiger partial charge in [-0.25, -0.2) is 14.4 Å². The molecule has 0 aliphatic heterocycles. The summed E-state index contributed by atoms with van der Waals surface area (Å²) in [4.78, 5) is 8.15. The fraction of sp³-hybridized carbons (Fsp3) is 0.0909. The number of aliphatic imine (C=N–C) groups is 1. The molecule has 1 heterocycles. The lowest BCUT2D eigenvalue weighted by Crippen LogP contribution is -2.03. The number of aromatic nitrogens is 2. The van der Waals surface area contributed by atoms with Crippen molar-refractivity contribution in [1.82, 2.24) is 9.55 Å². The highest BCUT2D eigenvalue weighted by molar-refractivity contribution is 6.30. The van der Waals surface area contributed by atoms with Crippen molar-refractivity contribution in [3.05, 3.63) is 47.8 Å². The third-order valence-electron chi connectivity index (χ3n) is 2.07. The second kappa shape index (κ2) is 4.45. The van der Waals surface area contributed by atoms with E-state index in [1.807, 2.05) is 6.92 Å². The van der Waals surface area contributed by atoms with Gasteiger partial charge >= 0.3 is 0 Å². The zero-order valence-corrected chi connectivity index (χ0v) is 9.32. The van der Waals surface area contributed by atoms with E-state index in [0.717, 1.165) is 0 Å². The van der Waals surface area contributed by atoms with Gasteiger partial charge in [0, 0.05) is 18.5 Å². The van der Waals surface area contributed by atoms with Crippen LogP contribution in [0.2, 0.25) is 5.02 Å². The SMILES string of the molecule is CC(=Nc1ccc(Cl)c(F)c1)n1ccnc1. The van der Waals surface area contributed by atoms with Crippen LogP contribution in [0.15, 0.2) is 41.9 Å². The zero-order chi connectivity index (χ0) is 11.5. The number of halogens is 2. The van der Waals surface area contributed by atoms with E-state index in [1.165, 1.54) is 12.1 Å². The highest BCUT2D eigenvalue weighted by Gasteiger charge is 2.01. The molecule has 0 saturated heterocycles. The minimum Gasteiger partial charge on any atom is -0.294 e. The summed E-state index contributed by atoms with van der Waals surface area (Å²) < 4.78 is 14.9. The van der Waals surface area contributed by atoms with Crippen molar-refractivity contribution in [3.8, 4) is 0 Å². The summed E-state index contributed by atoms with van der Waals surface area (Å²) in [5, 5.41) is 0.0965. The summed E-state index contributed by atoms with van der Waals surface area (Å²) in [5.74, 6) is 0.237. The highest BCUT2D eigenvalue weighted by atomic mass is 35.5. The smallest absolute Gasteiger partial charge is 0.143 e. The van der Waals surface area contributed by atoms with Gasteiger partial charge in [-0.3, -0.25) is 4.57 Å². The van der Waals surface area contributed by atoms with E-state index in [1.54, 1.807) is 29.4 Å². The zero-order valence-electron chi connectivity index (χ0n) is 8.56. The maximum Gasteiger partial charge on any atom is 0.143 e. The first-order valence-corrected chi connectivity index (χ1v) is 5.03. The number of rotatable bonds is 1. The Kier molecular flexibility index (Phi) is 3.01. The molecule has 0 amide bonds. The predicted molar refractivity (Wildman–Crippen MR) is 61.8 cm³/mol. The van der Waals surface area contributed by atoms with Crippen molar-refractivity contribution in [2.45, 2.75) is 6.92 Å². The molecule has 0 aliphatic rings. The maximum absolute atomic E-state index is 13.2. The molecular formula is C11H9ClFN3. The molecule has 1 aromatic heterocycles. The van der Waals surface area contributed by atoms with Crippen LogP contribution in [-0.4, -0.2) is 15.4 Å². The van der Waals surface area contributed by atoms with Crippen molar-refractivity contribution in [2.75, 3.05) is 0 Å². The normalized spacial score (nSPS) is 11.8. The molecule has 82 valence electrons. The van der Waals surface area contributed by atoms with Crippen molar-refractivity contribution in [2.24, 2.45) is 4.99 Å². The van der Waals surface area contributed by atoms with Gasteiger partial charge in [-0.05, 0) is 19.1 Å². The van der Waals surface area contributed by atoms with Crippen LogP contribution in [0.1, 0.15) is 6.92 Å². The largest absolute Gasteiger partial charge is 0.294 e. The Labute approximate surface area is 97.2 Å². The molecule has 16 heavy (non-hydrogen) atoms. The summed E-state index contributed by atoms with van der Waals surface area (Å²) in [6, 6.07) is 4.44. The van der Waals surface area contributed by atoms with Gasteiger partial charge in [0.25, 0.3) is 0 Å². The number of hydrogen-bond donors (Lipinski definition) is 0. The average molecular weight is 238 g/mol. The van der Waals surface area contributed by atoms with Crippen LogP contribution in [-0.2, 0) is 0 Å². The first kappa shape index (κ1) is 10.8. The van der Waals surface area contributed by atoms with E-state index < -0.39 is 5.82 Å². The van der Waals surface area contributed by atoms with Gasteiger partial charge in [0.1, 0.15) is 18.0 Å². The third-order valence-corrected chi connectivity index (χ3v) is 2.38. The standard InChI is InChI=1S/C11H9ClFN3/c1-8(16-5-4-14-7-16)15-9-2-3-10(12)11(13)6-9/h2-7H,1H3. The van der Waals surface area contributed by atoms with Crippen molar-refractivity contribution in [1.29, 1.82) is 0 Å². The number of hydrogen-bond acceptors (Lipinski definition) is 2. The molecule has 0 atom stereocenters. The van der Waals surface area contributed by atoms with Gasteiger partial charge in [0.15, 0.2) is 0 Å². The Morgan fingerprint density at radius 2 is 2.31 bits per heavy atom. The summed E-state index contributed by atoms with van der Waals surface area (Å²) >= 11 is 5.58. The van der Waals surface area contributed by atoms with Gasteiger partial charge in [-0.1, -0.05) is 11.6 Å². The minimum absolute atomic E-state index is 0.0965. The van der Waals surface area contributed by atoms with E-state index in [4.69, 9.17) is 11.6 Å². The van der Waals surface area contributed by atoms with Gasteiger partial charge in [-0.2, -0.15) is 0 Å². The lowest BCUT2D eigenvalue weighted by Gasteiger charge is -2.01. The summed E-state index contributed by atoms with van der Waals surface area (Å²) in [6.07, 6.45) is 5.05. The Morgan fingerprint density at radius 3 is 2.94 bits per heavy atom. The van der Waals surface area contributed by atoms with E-state index in [-0.39, 0.29) is 5.02 Å². The summed E-state index contributed by atoms with van der Waals surface area (Å²) in [5.41, 5.74) is 0.521. The number of nitrogens with zero attached hydrogens (tertiary/aromatic N) is 3. The lowest BCUT2D eigenvalue weighted by molar-refractivity contribution is 0.628. The first-order chi connectivity index (χ1) is 7.66. The van der Waals surface area contributed by atoms with Crippen LogP contribution in [0.25, 0.3) is 0 Å². The maximum atomic E-state index is 13.2. The van der Waals surface area contributed by atoms with Crippen LogP contribution in [0.3, 0.4) is 0 Å². The molecule has 0 N–H and O–H groups in total. The molecular weight excluding hydrogens is 229 g/mol. The fourth-order valence-corrected chi connectivity index (χ4v) is 1.37. The molecule has 0 spiro atoms. The quantitative estimate of drug-likeness (QED) is 0.553. The van der Waals surface area contributed by atoms with Crippen LogP contribution in [0.4, 0.5) is 10.1 Å². The first-order valence-electron chi connectivity index (χ1n) is 4.65. The molecule has 3 nitrogen and oxygen atoms in total. The number of imidazole rings is 1. The monoisotopic (exact) mass is 237 g/mol. The van der Waals surface area contributed by atoms with Crippen LogP contribution >= 0.6 is 11.6 Å². The van der Waals surface area contributed by atoms with Crippen LogP contribution < -0.4 is 0 Å². The third kappa shape index (κ3) is 2.28. The molecule has 0 bridgehead atoms. The van der Waals surface area contributed by atoms with Gasteiger partial charge in [0.05, 0.1) is 10.7 Å². The highest BCUT2D eigenvalue weighted by Crippen LogP contribution is 2.20. The molecule has 0 saturated carbocycles. The van der Waals surface area contributed by atoms with E-state index in [9.17, 15) is 4.39 Å². The topological polar surface area (TPSA) is 30.2 Å². The average Bonchev–Trinajstić information content (AvgIpc) is 2.77. The van der Waals surface area contributed by atoms with E-state index in [0.29, 0.717) is 11.5 Å². The van der Waals surface area contributed by atoms with Crippen molar-refractivity contribution >= 4 is 23.1 Å². The van der Waals surface area contributed by atoms with Crippen LogP contribution in [0.5, 0.6) is 0 Å². The molecule has 0 aliphatic carbocycles. The van der Waals surface area contributed by atoms with Gasteiger partial charge in [0.2, 0.25) is 0 Å². The lowest BCUT2D eigenvalue weighted by atomic mass is 10.3. The second-order valence-electron chi connectivity index (χ2n) is 3.23. The minimum atomic E-state index is -0.471. The molecule has 2 aromatic rings. The Morgan fingerprint density at radius 1 is 1.50 bits per heavy atom. The van der Waals surface area contributed by atoms with Crippen molar-refractivity contribution in [3.63, 3.8) is 0 Å². The van der Waals surface area contributed by atoms with E-state index >= 15 is 0 Å². The molecule has 2 rings (SSSR count). The molecule has 0 unspecified atom stereocenters. The van der Waals surface area contributed by atoms with Crippen LogP contribution in [0, 0.1) is 5.82 Å². The molecule has 0 radical (unpaired) electrons. The Hall–Kier alpha value is -1.68. The fourth-order valence-electron chi connectivity index (χ4n) is 1.25. The summed E-state index contributed by atoms with van der Waals surface area (Å²) in [6.45, 7) is 1.81. The Bertz CT molecular complexity index is 520. The van der Waals surface area contributed by atoms with Gasteiger partial charge in [-0.15, -0.1) is 0 Å². The molecule has 1 aromatic carbocycles. The van der Waals surface area contributed by atoms with Crippen molar-refractivity contribution < 1.29 is 4.39 Å². The summed E-state index contributed by atoms with van der Waals surface area (Å²) in [7, 11) is 0. The number of benzene rings is 1. The molecule has 5 heteroatoms. The van der Waals surface area contributed by atoms with Gasteiger partial charge < -0.3 is 0 Å². The second-order valence-corrected chi connectivity index (χ2v) is 3.63. The molecule has 0 fully saturated rings. The predicted octanol–water partition coefficient (Wildman–Crippen LogP) is 3.27. The Balaban J connectivity index is 2.32.